The fourth-order valence-corrected chi connectivity index (χ4v) is 2.24. The van der Waals surface area contributed by atoms with E-state index in [1.54, 1.807) is 30.3 Å². The van der Waals surface area contributed by atoms with Crippen LogP contribution in [0.3, 0.4) is 0 Å². The largest absolute Gasteiger partial charge is 0.478 e. The maximum absolute atomic E-state index is 12.0. The van der Waals surface area contributed by atoms with Crippen LogP contribution in [-0.2, 0) is 11.2 Å². The van der Waals surface area contributed by atoms with Crippen LogP contribution in [0, 0.1) is 0 Å². The predicted octanol–water partition coefficient (Wildman–Crippen LogP) is 2.90. The van der Waals surface area contributed by atoms with Gasteiger partial charge in [-0.25, -0.2) is 9.59 Å². The third-order valence-electron chi connectivity index (χ3n) is 3.43. The SMILES string of the molecule is C=CCOC(=O)c1cc(Cc2ccc(N)c(C(=O)O)c2)ccc1N.Cl. The molecule has 0 fully saturated rings. The van der Waals surface area contributed by atoms with E-state index in [1.165, 1.54) is 12.1 Å². The van der Waals surface area contributed by atoms with Crippen molar-refractivity contribution in [1.29, 1.82) is 0 Å². The van der Waals surface area contributed by atoms with E-state index in [0.29, 0.717) is 12.1 Å². The van der Waals surface area contributed by atoms with Crippen LogP contribution in [0.2, 0.25) is 0 Å². The van der Waals surface area contributed by atoms with Gasteiger partial charge in [-0.05, 0) is 41.8 Å². The van der Waals surface area contributed by atoms with Gasteiger partial charge in [-0.3, -0.25) is 0 Å². The summed E-state index contributed by atoms with van der Waals surface area (Å²) in [4.78, 5) is 23.1. The molecule has 0 amide bonds. The van der Waals surface area contributed by atoms with Gasteiger partial charge in [0.25, 0.3) is 0 Å². The molecule has 0 spiro atoms. The van der Waals surface area contributed by atoms with Gasteiger partial charge in [0.1, 0.15) is 6.61 Å². The van der Waals surface area contributed by atoms with E-state index in [9.17, 15) is 9.59 Å². The number of carbonyl (C=O) groups excluding carboxylic acids is 1. The number of aromatic carboxylic acids is 1. The number of ether oxygens (including phenoxy) is 1. The number of hydrogen-bond acceptors (Lipinski definition) is 5. The summed E-state index contributed by atoms with van der Waals surface area (Å²) < 4.78 is 5.00. The van der Waals surface area contributed by atoms with E-state index < -0.39 is 11.9 Å². The van der Waals surface area contributed by atoms with Gasteiger partial charge in [0.15, 0.2) is 0 Å². The van der Waals surface area contributed by atoms with Crippen molar-refractivity contribution in [3.8, 4) is 0 Å². The molecule has 7 heteroatoms. The van der Waals surface area contributed by atoms with Crippen LogP contribution in [-0.4, -0.2) is 23.7 Å². The second-order valence-electron chi connectivity index (χ2n) is 5.21. The van der Waals surface area contributed by atoms with Crippen LogP contribution >= 0.6 is 12.4 Å². The number of nitrogens with two attached hydrogens (primary N) is 2. The molecule has 25 heavy (non-hydrogen) atoms. The van der Waals surface area contributed by atoms with Crippen molar-refractivity contribution in [1.82, 2.24) is 0 Å². The first kappa shape index (κ1) is 20.1. The highest BCUT2D eigenvalue weighted by Gasteiger charge is 2.13. The molecule has 0 saturated heterocycles. The Hall–Kier alpha value is -2.99. The molecule has 0 heterocycles. The normalized spacial score (nSPS) is 9.76. The predicted molar refractivity (Wildman–Crippen MR) is 99.2 cm³/mol. The van der Waals surface area contributed by atoms with E-state index in [0.717, 1.165) is 11.1 Å². The van der Waals surface area contributed by atoms with Crippen LogP contribution in [0.5, 0.6) is 0 Å². The first-order valence-electron chi connectivity index (χ1n) is 7.20. The van der Waals surface area contributed by atoms with Crippen LogP contribution in [0.25, 0.3) is 0 Å². The number of anilines is 2. The molecule has 132 valence electrons. The molecule has 2 aromatic rings. The zero-order valence-electron chi connectivity index (χ0n) is 13.4. The van der Waals surface area contributed by atoms with Crippen molar-refractivity contribution < 1.29 is 19.4 Å². The van der Waals surface area contributed by atoms with E-state index in [-0.39, 0.29) is 35.8 Å². The monoisotopic (exact) mass is 362 g/mol. The summed E-state index contributed by atoms with van der Waals surface area (Å²) in [6.45, 7) is 3.58. The molecule has 0 atom stereocenters. The minimum atomic E-state index is -1.08. The highest BCUT2D eigenvalue weighted by molar-refractivity contribution is 5.95. The topological polar surface area (TPSA) is 116 Å². The third-order valence-corrected chi connectivity index (χ3v) is 3.43. The lowest BCUT2D eigenvalue weighted by Crippen LogP contribution is -2.09. The van der Waals surface area contributed by atoms with Crippen molar-refractivity contribution in [3.63, 3.8) is 0 Å². The lowest BCUT2D eigenvalue weighted by atomic mass is 9.99. The molecule has 0 saturated carbocycles. The molecule has 0 unspecified atom stereocenters. The van der Waals surface area contributed by atoms with Gasteiger partial charge in [-0.2, -0.15) is 0 Å². The summed E-state index contributed by atoms with van der Waals surface area (Å²) in [5.74, 6) is -1.61. The maximum Gasteiger partial charge on any atom is 0.340 e. The van der Waals surface area contributed by atoms with E-state index in [2.05, 4.69) is 6.58 Å². The first-order valence-corrected chi connectivity index (χ1v) is 7.20. The minimum absolute atomic E-state index is 0. The van der Waals surface area contributed by atoms with E-state index >= 15 is 0 Å². The van der Waals surface area contributed by atoms with Gasteiger partial charge in [-0.15, -0.1) is 12.4 Å². The molecule has 0 aliphatic rings. The van der Waals surface area contributed by atoms with Crippen molar-refractivity contribution in [2.75, 3.05) is 18.1 Å². The van der Waals surface area contributed by atoms with Gasteiger partial charge >= 0.3 is 11.9 Å². The van der Waals surface area contributed by atoms with Crippen LogP contribution in [0.4, 0.5) is 11.4 Å². The van der Waals surface area contributed by atoms with Crippen molar-refractivity contribution in [2.24, 2.45) is 0 Å². The number of rotatable bonds is 6. The second-order valence-corrected chi connectivity index (χ2v) is 5.21. The van der Waals surface area contributed by atoms with Gasteiger partial charge in [0.05, 0.1) is 11.1 Å². The van der Waals surface area contributed by atoms with Gasteiger partial charge in [0, 0.05) is 11.4 Å². The Bertz CT molecular complexity index is 806. The maximum atomic E-state index is 12.0. The molecule has 2 aromatic carbocycles. The molecule has 0 aromatic heterocycles. The Balaban J connectivity index is 0.00000312. The fourth-order valence-electron chi connectivity index (χ4n) is 2.24. The number of benzene rings is 2. The highest BCUT2D eigenvalue weighted by Crippen LogP contribution is 2.20. The van der Waals surface area contributed by atoms with E-state index in [1.807, 2.05) is 0 Å². The number of nitrogen functional groups attached to an aromatic ring is 2. The average Bonchev–Trinajstić information content (AvgIpc) is 2.55. The number of carboxylic acid groups (broad SMARTS) is 1. The highest BCUT2D eigenvalue weighted by atomic mass is 35.5. The quantitative estimate of drug-likeness (QED) is 0.413. The van der Waals surface area contributed by atoms with Crippen LogP contribution < -0.4 is 11.5 Å². The van der Waals surface area contributed by atoms with Crippen molar-refractivity contribution >= 4 is 35.7 Å². The number of halogens is 1. The molecular formula is C18H19ClN2O4. The Kier molecular flexibility index (Phi) is 7.02. The lowest BCUT2D eigenvalue weighted by molar-refractivity contribution is 0.0550. The fraction of sp³-hybridized carbons (Fsp3) is 0.111. The Morgan fingerprint density at radius 2 is 1.56 bits per heavy atom. The summed E-state index contributed by atoms with van der Waals surface area (Å²) in [6, 6.07) is 9.84. The van der Waals surface area contributed by atoms with Crippen LogP contribution in [0.15, 0.2) is 49.1 Å². The van der Waals surface area contributed by atoms with Gasteiger partial charge in [0.2, 0.25) is 0 Å². The molecule has 0 bridgehead atoms. The van der Waals surface area contributed by atoms with Gasteiger partial charge < -0.3 is 21.3 Å². The molecular weight excluding hydrogens is 344 g/mol. The zero-order chi connectivity index (χ0) is 17.7. The molecule has 2 rings (SSSR count). The Morgan fingerprint density at radius 1 is 1.04 bits per heavy atom. The number of carboxylic acids is 1. The molecule has 0 radical (unpaired) electrons. The second kappa shape index (κ2) is 8.75. The Labute approximate surface area is 151 Å². The summed E-state index contributed by atoms with van der Waals surface area (Å²) in [5.41, 5.74) is 13.9. The summed E-state index contributed by atoms with van der Waals surface area (Å²) in [5, 5.41) is 9.13. The number of hydrogen-bond donors (Lipinski definition) is 3. The zero-order valence-corrected chi connectivity index (χ0v) is 14.2. The lowest BCUT2D eigenvalue weighted by Gasteiger charge is -2.09. The first-order chi connectivity index (χ1) is 11.4. The third kappa shape index (κ3) is 4.99. The van der Waals surface area contributed by atoms with Gasteiger partial charge in [-0.1, -0.05) is 24.8 Å². The summed E-state index contributed by atoms with van der Waals surface area (Å²) in [7, 11) is 0. The standard InChI is InChI=1S/C18H18N2O4.ClH/c1-2-7-24-18(23)14-10-12(4-6-16(14)20)8-11-3-5-15(19)13(9-11)17(21)22;/h2-6,9-10H,1,7-8,19-20H2,(H,21,22);1H. The molecule has 6 nitrogen and oxygen atoms in total. The summed E-state index contributed by atoms with van der Waals surface area (Å²) >= 11 is 0. The Morgan fingerprint density at radius 3 is 2.08 bits per heavy atom. The molecule has 5 N–H and O–H groups in total. The number of carbonyl (C=O) groups is 2. The number of esters is 1. The molecule has 0 aliphatic heterocycles. The van der Waals surface area contributed by atoms with E-state index in [4.69, 9.17) is 21.3 Å². The molecule has 0 aliphatic carbocycles. The van der Waals surface area contributed by atoms with Crippen molar-refractivity contribution in [2.45, 2.75) is 6.42 Å². The average molecular weight is 363 g/mol. The van der Waals surface area contributed by atoms with Crippen LogP contribution in [0.1, 0.15) is 31.8 Å². The van der Waals surface area contributed by atoms with Crippen molar-refractivity contribution in [3.05, 3.63) is 71.3 Å². The summed E-state index contributed by atoms with van der Waals surface area (Å²) in [6.07, 6.45) is 1.91. The smallest absolute Gasteiger partial charge is 0.340 e. The minimum Gasteiger partial charge on any atom is -0.478 e.